The maximum Gasteiger partial charge on any atom is 0.373 e. The molecule has 1 aromatic heterocycles. The number of carboxylic acid groups (broad SMARTS) is 1. The number of halogens is 1. The zero-order valence-corrected chi connectivity index (χ0v) is 26.1. The number of carbonyl (C=O) groups excluding carboxylic acids is 3. The molecule has 3 rings (SSSR count). The van der Waals surface area contributed by atoms with Crippen molar-refractivity contribution in [1.29, 1.82) is 0 Å². The Labute approximate surface area is 258 Å². The van der Waals surface area contributed by atoms with Crippen LogP contribution in [0.25, 0.3) is 5.69 Å². The molecule has 0 radical (unpaired) electrons. The molecular formula is C31H46FN5O7. The van der Waals surface area contributed by atoms with Crippen LogP contribution in [0, 0.1) is 17.7 Å². The maximum atomic E-state index is 14.7. The average molecular weight is 620 g/mol. The monoisotopic (exact) mass is 619 g/mol. The molecule has 3 atom stereocenters. The first kappa shape index (κ1) is 38.3. The summed E-state index contributed by atoms with van der Waals surface area (Å²) >= 11 is 0. The van der Waals surface area contributed by atoms with Crippen molar-refractivity contribution in [3.8, 4) is 5.69 Å². The SMILES string of the molecule is C=CC(=O)O.CCCC(O)[C@H]1CNC[C@@H](N(CC(C)C)C(=O)c2nnn(-c3ccccc3F)c2CCCCOC)C1.O=C=O. The van der Waals surface area contributed by atoms with Crippen LogP contribution in [0.5, 0.6) is 0 Å². The van der Waals surface area contributed by atoms with E-state index in [0.717, 1.165) is 44.7 Å². The summed E-state index contributed by atoms with van der Waals surface area (Å²) in [7, 11) is 1.66. The lowest BCUT2D eigenvalue weighted by molar-refractivity contribution is -0.191. The van der Waals surface area contributed by atoms with Crippen molar-refractivity contribution in [3.05, 3.63) is 54.1 Å². The number of aliphatic hydroxyl groups is 1. The number of hydrogen-bond donors (Lipinski definition) is 3. The van der Waals surface area contributed by atoms with E-state index < -0.39 is 11.8 Å². The zero-order valence-electron chi connectivity index (χ0n) is 26.1. The van der Waals surface area contributed by atoms with E-state index in [9.17, 15) is 19.1 Å². The molecule has 244 valence electrons. The Morgan fingerprint density at radius 3 is 2.50 bits per heavy atom. The van der Waals surface area contributed by atoms with Gasteiger partial charge in [-0.2, -0.15) is 9.59 Å². The molecule has 1 saturated heterocycles. The van der Waals surface area contributed by atoms with E-state index in [1.54, 1.807) is 25.3 Å². The Morgan fingerprint density at radius 2 is 1.93 bits per heavy atom. The van der Waals surface area contributed by atoms with Gasteiger partial charge in [0.15, 0.2) is 5.69 Å². The normalized spacial score (nSPS) is 16.4. The largest absolute Gasteiger partial charge is 0.478 e. The molecule has 1 amide bonds. The molecule has 0 saturated carbocycles. The Balaban J connectivity index is 0.00000108. The maximum absolute atomic E-state index is 14.7. The molecule has 12 nitrogen and oxygen atoms in total. The number of piperidine rings is 1. The predicted octanol–water partition coefficient (Wildman–Crippen LogP) is 3.29. The zero-order chi connectivity index (χ0) is 33.1. The number of carboxylic acids is 1. The number of carbonyl (C=O) groups is 2. The fraction of sp³-hybridized carbons (Fsp3) is 0.581. The highest BCUT2D eigenvalue weighted by Crippen LogP contribution is 2.25. The van der Waals surface area contributed by atoms with E-state index in [1.165, 1.54) is 10.7 Å². The van der Waals surface area contributed by atoms with Crippen LogP contribution in [0.3, 0.4) is 0 Å². The number of amides is 1. The quantitative estimate of drug-likeness (QED) is 0.211. The van der Waals surface area contributed by atoms with Gasteiger partial charge in [-0.1, -0.05) is 51.1 Å². The summed E-state index contributed by atoms with van der Waals surface area (Å²) in [5, 5.41) is 30.2. The molecule has 1 aromatic carbocycles. The lowest BCUT2D eigenvalue weighted by atomic mass is 9.87. The van der Waals surface area contributed by atoms with Crippen molar-refractivity contribution in [2.75, 3.05) is 33.4 Å². The van der Waals surface area contributed by atoms with Crippen molar-refractivity contribution in [2.45, 2.75) is 71.4 Å². The van der Waals surface area contributed by atoms with Crippen molar-refractivity contribution >= 4 is 18.0 Å². The van der Waals surface area contributed by atoms with E-state index in [2.05, 4.69) is 43.0 Å². The van der Waals surface area contributed by atoms with Crippen LogP contribution in [-0.2, 0) is 25.5 Å². The number of benzene rings is 1. The number of aliphatic hydroxyl groups excluding tert-OH is 1. The van der Waals surface area contributed by atoms with Gasteiger partial charge in [-0.05, 0) is 56.1 Å². The second-order valence-corrected chi connectivity index (χ2v) is 10.8. The molecule has 2 aromatic rings. The van der Waals surface area contributed by atoms with Crippen LogP contribution in [0.1, 0.15) is 69.1 Å². The van der Waals surface area contributed by atoms with Gasteiger partial charge in [-0.15, -0.1) is 5.10 Å². The molecule has 2 heterocycles. The van der Waals surface area contributed by atoms with E-state index in [4.69, 9.17) is 19.4 Å². The van der Waals surface area contributed by atoms with Gasteiger partial charge in [0.25, 0.3) is 5.91 Å². The smallest absolute Gasteiger partial charge is 0.373 e. The minimum atomic E-state index is -0.981. The topological polar surface area (TPSA) is 164 Å². The van der Waals surface area contributed by atoms with E-state index in [1.807, 2.05) is 4.90 Å². The van der Waals surface area contributed by atoms with Crippen molar-refractivity contribution in [1.82, 2.24) is 25.2 Å². The van der Waals surface area contributed by atoms with Gasteiger partial charge in [0, 0.05) is 45.5 Å². The number of nitrogens with one attached hydrogen (secondary N) is 1. The second-order valence-electron chi connectivity index (χ2n) is 10.8. The summed E-state index contributed by atoms with van der Waals surface area (Å²) in [5.41, 5.74) is 1.16. The molecule has 44 heavy (non-hydrogen) atoms. The lowest BCUT2D eigenvalue weighted by Gasteiger charge is -2.40. The molecule has 1 unspecified atom stereocenters. The molecule has 1 aliphatic rings. The Hall–Kier alpha value is -3.77. The van der Waals surface area contributed by atoms with Gasteiger partial charge in [0.2, 0.25) is 0 Å². The Morgan fingerprint density at radius 1 is 1.27 bits per heavy atom. The molecule has 3 N–H and O–H groups in total. The third kappa shape index (κ3) is 12.5. The highest BCUT2D eigenvalue weighted by Gasteiger charge is 2.35. The van der Waals surface area contributed by atoms with Crippen LogP contribution in [0.15, 0.2) is 36.9 Å². The predicted molar refractivity (Wildman–Crippen MR) is 161 cm³/mol. The molecular weight excluding hydrogens is 573 g/mol. The number of hydrogen-bond acceptors (Lipinski definition) is 9. The van der Waals surface area contributed by atoms with Crippen LogP contribution in [0.2, 0.25) is 0 Å². The first-order valence-electron chi connectivity index (χ1n) is 14.8. The van der Waals surface area contributed by atoms with Gasteiger partial charge < -0.3 is 25.2 Å². The number of aliphatic carboxylic acids is 1. The van der Waals surface area contributed by atoms with Gasteiger partial charge in [0.1, 0.15) is 11.5 Å². The molecule has 0 spiro atoms. The number of para-hydroxylation sites is 1. The van der Waals surface area contributed by atoms with E-state index >= 15 is 0 Å². The van der Waals surface area contributed by atoms with E-state index in [0.29, 0.717) is 31.8 Å². The number of unbranched alkanes of at least 4 members (excludes halogenated alkanes) is 1. The fourth-order valence-corrected chi connectivity index (χ4v) is 4.99. The van der Waals surface area contributed by atoms with Crippen LogP contribution < -0.4 is 5.32 Å². The van der Waals surface area contributed by atoms with Gasteiger partial charge in [-0.3, -0.25) is 4.79 Å². The van der Waals surface area contributed by atoms with Crippen LogP contribution in [0.4, 0.5) is 4.39 Å². The molecule has 0 aliphatic carbocycles. The summed E-state index contributed by atoms with van der Waals surface area (Å²) in [6.45, 7) is 11.8. The molecule has 1 fully saturated rings. The fourth-order valence-electron chi connectivity index (χ4n) is 4.99. The summed E-state index contributed by atoms with van der Waals surface area (Å²) in [6.07, 6.45) is 5.20. The summed E-state index contributed by atoms with van der Waals surface area (Å²) in [5.74, 6) is -1.24. The molecule has 13 heteroatoms. The number of ether oxygens (including phenoxy) is 1. The van der Waals surface area contributed by atoms with Crippen LogP contribution >= 0.6 is 0 Å². The summed E-state index contributed by atoms with van der Waals surface area (Å²) in [4.78, 5) is 41.4. The number of methoxy groups -OCH3 is 1. The summed E-state index contributed by atoms with van der Waals surface area (Å²) in [6, 6.07) is 6.34. The first-order chi connectivity index (χ1) is 21.1. The number of aromatic nitrogens is 3. The minimum absolute atomic E-state index is 0.0647. The van der Waals surface area contributed by atoms with Crippen molar-refractivity contribution in [2.24, 2.45) is 11.8 Å². The second kappa shape index (κ2) is 21.0. The van der Waals surface area contributed by atoms with Gasteiger partial charge in [-0.25, -0.2) is 13.9 Å². The van der Waals surface area contributed by atoms with Gasteiger partial charge in [0.05, 0.1) is 11.8 Å². The van der Waals surface area contributed by atoms with Crippen molar-refractivity contribution in [3.63, 3.8) is 0 Å². The third-order valence-corrected chi connectivity index (χ3v) is 6.99. The third-order valence-electron chi connectivity index (χ3n) is 6.99. The first-order valence-corrected chi connectivity index (χ1v) is 14.8. The average Bonchev–Trinajstić information content (AvgIpc) is 3.42. The molecule has 1 aliphatic heterocycles. The standard InChI is InChI=1S/C27H42FN5O3.C3H4O2.CO2/c1-5-10-25(34)20-15-21(17-29-16-20)32(18-19(2)3)27(35)26-24(13-8-9-14-36-4)33(31-30-26)23-12-7-6-11-22(23)28;1-2-3(4)5;2-1-3/h6-7,11-12,19-21,25,29,34H,5,8-10,13-18H2,1-4H3;2H,1H2,(H,4,5);/t20-,21+,25?;;/m1../s1. The Kier molecular flexibility index (Phi) is 18.3. The highest BCUT2D eigenvalue weighted by atomic mass is 19.1. The van der Waals surface area contributed by atoms with Gasteiger partial charge >= 0.3 is 12.1 Å². The summed E-state index contributed by atoms with van der Waals surface area (Å²) < 4.78 is 21.3. The highest BCUT2D eigenvalue weighted by molar-refractivity contribution is 5.93. The minimum Gasteiger partial charge on any atom is -0.478 e. The number of rotatable bonds is 14. The lowest BCUT2D eigenvalue weighted by Crippen LogP contribution is -2.54. The van der Waals surface area contributed by atoms with Crippen LogP contribution in [-0.4, -0.2) is 93.6 Å². The van der Waals surface area contributed by atoms with E-state index in [-0.39, 0.29) is 47.4 Å². The Bertz CT molecular complexity index is 1200. The molecule has 0 bridgehead atoms. The van der Waals surface area contributed by atoms with Crippen molar-refractivity contribution < 1.29 is 38.5 Å². The number of nitrogens with zero attached hydrogens (tertiary/aromatic N) is 4.